The van der Waals surface area contributed by atoms with E-state index in [4.69, 9.17) is 18.9 Å². The molecule has 4 N–H and O–H groups in total. The number of amides is 1. The van der Waals surface area contributed by atoms with Crippen LogP contribution in [0, 0.1) is 23.7 Å². The van der Waals surface area contributed by atoms with Crippen LogP contribution in [0.1, 0.15) is 80.2 Å². The molecule has 13 heteroatoms. The summed E-state index contributed by atoms with van der Waals surface area (Å²) < 4.78 is 24.6. The van der Waals surface area contributed by atoms with E-state index in [1.54, 1.807) is 33.8 Å². The van der Waals surface area contributed by atoms with Crippen molar-refractivity contribution in [3.8, 4) is 0 Å². The van der Waals surface area contributed by atoms with Crippen LogP contribution in [0.2, 0.25) is 0 Å². The largest absolute Gasteiger partial charge is 0.459 e. The Morgan fingerprint density at radius 1 is 1.08 bits per heavy atom. The Bertz CT molecular complexity index is 1420. The van der Waals surface area contributed by atoms with Gasteiger partial charge in [0.25, 0.3) is 5.91 Å². The third-order valence-corrected chi connectivity index (χ3v) is 10.9. The zero-order valence-electron chi connectivity index (χ0n) is 32.6. The Kier molecular flexibility index (Phi) is 15.3. The van der Waals surface area contributed by atoms with Crippen molar-refractivity contribution >= 4 is 29.4 Å². The van der Waals surface area contributed by atoms with Crippen molar-refractivity contribution in [2.45, 2.75) is 129 Å². The van der Waals surface area contributed by atoms with Gasteiger partial charge < -0.3 is 39.2 Å². The van der Waals surface area contributed by atoms with Crippen molar-refractivity contribution in [2.24, 2.45) is 28.8 Å². The number of esters is 1. The summed E-state index contributed by atoms with van der Waals surface area (Å²) in [7, 11) is 5.20. The van der Waals surface area contributed by atoms with E-state index in [0.717, 1.165) is 5.56 Å². The maximum absolute atomic E-state index is 14.1. The van der Waals surface area contributed by atoms with E-state index < -0.39 is 83.2 Å². The molecule has 13 nitrogen and oxygen atoms in total. The second kappa shape index (κ2) is 18.3. The molecule has 2 fully saturated rings. The Balaban J connectivity index is 2.14. The molecule has 2 heterocycles. The van der Waals surface area contributed by atoms with Gasteiger partial charge in [0.05, 0.1) is 23.9 Å². The fourth-order valence-electron chi connectivity index (χ4n) is 7.55. The van der Waals surface area contributed by atoms with Gasteiger partial charge in [-0.25, -0.2) is 5.43 Å². The molecular formula is C39H61N3O10. The maximum Gasteiger partial charge on any atom is 0.316 e. The summed E-state index contributed by atoms with van der Waals surface area (Å²) >= 11 is 0. The first-order valence-corrected chi connectivity index (χ1v) is 18.2. The molecule has 0 aliphatic carbocycles. The van der Waals surface area contributed by atoms with Gasteiger partial charge in [0.15, 0.2) is 12.1 Å². The standard InChI is InChI=1S/C39H61N3O10/c1-12-29-39(8,48)34(46)24(4)31(41-40-30(43)19-18-27-16-14-13-15-17-27)22(2)21-38(7,49-11)35(25(5)32(44)26(6)36(47)51-29)52-37-33(45)28(42(9)10)20-23(3)50-37/h13-19,22-26,28-29,33-35,37,45-46,48H,12,20-21H2,1-11H3,(H,40,43)/b19-18+,41-31+/t22-,23?,24+,25+,26-,28?,29-,33?,34-,35-,37?,38-,39-/m1/s1. The van der Waals surface area contributed by atoms with E-state index in [2.05, 4.69) is 10.5 Å². The highest BCUT2D eigenvalue weighted by Gasteiger charge is 2.51. The fraction of sp³-hybridized carbons (Fsp3) is 0.692. The van der Waals surface area contributed by atoms with Gasteiger partial charge in [0.2, 0.25) is 0 Å². The number of carbonyl (C=O) groups is 3. The lowest BCUT2D eigenvalue weighted by molar-refractivity contribution is -0.295. The topological polar surface area (TPSA) is 176 Å². The summed E-state index contributed by atoms with van der Waals surface area (Å²) in [4.78, 5) is 42.5. The van der Waals surface area contributed by atoms with Crippen molar-refractivity contribution in [3.05, 3.63) is 42.0 Å². The zero-order chi connectivity index (χ0) is 39.1. The van der Waals surface area contributed by atoms with Crippen LogP contribution in [0.3, 0.4) is 0 Å². The highest BCUT2D eigenvalue weighted by Crippen LogP contribution is 2.38. The molecule has 0 spiro atoms. The lowest BCUT2D eigenvalue weighted by Gasteiger charge is -2.47. The lowest BCUT2D eigenvalue weighted by Crippen LogP contribution is -2.60. The minimum Gasteiger partial charge on any atom is -0.459 e. The van der Waals surface area contributed by atoms with Crippen molar-refractivity contribution in [1.82, 2.24) is 10.3 Å². The number of cyclic esters (lactones) is 1. The van der Waals surface area contributed by atoms with Crippen LogP contribution in [-0.4, -0.2) is 119 Å². The van der Waals surface area contributed by atoms with Crippen LogP contribution in [-0.2, 0) is 33.3 Å². The SMILES string of the molecule is CC[C@H]1OC(=O)[C@H](C)C(=O)[C@H](C)[C@@H](OC2OC(C)CC(N(C)C)C2O)[C@](C)(OC)C[C@@H](C)/C(=N\NC(=O)/C=C/c2ccccc2)[C@H](C)[C@@H](O)[C@]1(C)O. The van der Waals surface area contributed by atoms with Gasteiger partial charge in [0, 0.05) is 36.8 Å². The third kappa shape index (κ3) is 10.1. The summed E-state index contributed by atoms with van der Waals surface area (Å²) in [5.74, 6) is -5.54. The molecule has 1 aromatic carbocycles. The number of nitrogens with zero attached hydrogens (tertiary/aromatic N) is 2. The van der Waals surface area contributed by atoms with Gasteiger partial charge in [-0.1, -0.05) is 58.0 Å². The second-order valence-corrected chi connectivity index (χ2v) is 15.2. The summed E-state index contributed by atoms with van der Waals surface area (Å²) in [6, 6.07) is 8.98. The number of carbonyl (C=O) groups excluding carboxylic acids is 3. The Morgan fingerprint density at radius 3 is 2.29 bits per heavy atom. The summed E-state index contributed by atoms with van der Waals surface area (Å²) in [6.07, 6.45) is -2.42. The predicted molar refractivity (Wildman–Crippen MR) is 197 cm³/mol. The number of Topliss-reactive ketones (excluding diaryl/α,β-unsaturated/α-hetero) is 1. The van der Waals surface area contributed by atoms with E-state index in [0.29, 0.717) is 12.1 Å². The highest BCUT2D eigenvalue weighted by atomic mass is 16.7. The van der Waals surface area contributed by atoms with E-state index in [1.807, 2.05) is 63.2 Å². The molecule has 0 bridgehead atoms. The minimum atomic E-state index is -1.97. The average Bonchev–Trinajstić information content (AvgIpc) is 3.11. The van der Waals surface area contributed by atoms with Crippen LogP contribution in [0.4, 0.5) is 0 Å². The Hall–Kier alpha value is -3.04. The monoisotopic (exact) mass is 731 g/mol. The van der Waals surface area contributed by atoms with Gasteiger partial charge in [-0.15, -0.1) is 0 Å². The van der Waals surface area contributed by atoms with Crippen molar-refractivity contribution in [2.75, 3.05) is 21.2 Å². The van der Waals surface area contributed by atoms with E-state index in [1.165, 1.54) is 27.0 Å². The number of aliphatic hydroxyl groups excluding tert-OH is 2. The molecule has 0 radical (unpaired) electrons. The molecule has 2 aliphatic heterocycles. The van der Waals surface area contributed by atoms with Gasteiger partial charge in [-0.05, 0) is 78.6 Å². The third-order valence-electron chi connectivity index (χ3n) is 10.9. The number of likely N-dealkylation sites (N-methyl/N-ethyl adjacent to an activating group) is 1. The van der Waals surface area contributed by atoms with Crippen LogP contribution in [0.25, 0.3) is 6.08 Å². The molecule has 292 valence electrons. The van der Waals surface area contributed by atoms with Gasteiger partial charge in [0.1, 0.15) is 23.7 Å². The summed E-state index contributed by atoms with van der Waals surface area (Å²) in [6.45, 7) is 13.3. The number of ketones is 1. The number of hydrogen-bond acceptors (Lipinski definition) is 12. The first-order chi connectivity index (χ1) is 24.3. The minimum absolute atomic E-state index is 0.137. The normalized spacial score (nSPS) is 39.4. The predicted octanol–water partition coefficient (Wildman–Crippen LogP) is 3.34. The van der Waals surface area contributed by atoms with Crippen LogP contribution < -0.4 is 5.43 Å². The molecule has 0 aromatic heterocycles. The van der Waals surface area contributed by atoms with E-state index in [-0.39, 0.29) is 25.0 Å². The molecule has 52 heavy (non-hydrogen) atoms. The summed E-state index contributed by atoms with van der Waals surface area (Å²) in [5.41, 5.74) is 0.451. The number of benzene rings is 1. The molecule has 2 aliphatic rings. The number of ether oxygens (including phenoxy) is 4. The van der Waals surface area contributed by atoms with Gasteiger partial charge in [-0.2, -0.15) is 5.10 Å². The quantitative estimate of drug-likeness (QED) is 0.134. The van der Waals surface area contributed by atoms with E-state index in [9.17, 15) is 29.7 Å². The number of rotatable bonds is 8. The zero-order valence-corrected chi connectivity index (χ0v) is 32.6. The number of hydrogen-bond donors (Lipinski definition) is 4. The molecule has 2 saturated heterocycles. The van der Waals surface area contributed by atoms with Gasteiger partial charge in [-0.3, -0.25) is 14.4 Å². The first-order valence-electron chi connectivity index (χ1n) is 18.2. The fourth-order valence-corrected chi connectivity index (χ4v) is 7.55. The lowest BCUT2D eigenvalue weighted by atomic mass is 9.74. The number of hydrazone groups is 1. The number of nitrogens with one attached hydrogen (secondary N) is 1. The van der Waals surface area contributed by atoms with Gasteiger partial charge >= 0.3 is 5.97 Å². The molecule has 0 saturated carbocycles. The first kappa shape index (κ1) is 43.4. The summed E-state index contributed by atoms with van der Waals surface area (Å²) in [5, 5.41) is 39.4. The molecule has 3 rings (SSSR count). The van der Waals surface area contributed by atoms with Crippen molar-refractivity contribution in [3.63, 3.8) is 0 Å². The van der Waals surface area contributed by atoms with E-state index >= 15 is 0 Å². The highest BCUT2D eigenvalue weighted by molar-refractivity contribution is 6.00. The molecule has 1 amide bonds. The Labute approximate surface area is 308 Å². The average molecular weight is 732 g/mol. The smallest absolute Gasteiger partial charge is 0.316 e. The number of aliphatic hydroxyl groups is 3. The molecule has 4 unspecified atom stereocenters. The van der Waals surface area contributed by atoms with Crippen molar-refractivity contribution in [1.29, 1.82) is 0 Å². The molecule has 13 atom stereocenters. The van der Waals surface area contributed by atoms with Crippen LogP contribution >= 0.6 is 0 Å². The Morgan fingerprint density at radius 2 is 1.71 bits per heavy atom. The molecule has 1 aromatic rings. The van der Waals surface area contributed by atoms with Crippen LogP contribution in [0.15, 0.2) is 41.5 Å². The van der Waals surface area contributed by atoms with Crippen molar-refractivity contribution < 1.29 is 48.7 Å². The molecular weight excluding hydrogens is 670 g/mol. The maximum atomic E-state index is 14.1. The van der Waals surface area contributed by atoms with Crippen LogP contribution in [0.5, 0.6) is 0 Å². The number of methoxy groups -OCH3 is 1. The second-order valence-electron chi connectivity index (χ2n) is 15.2.